The highest BCUT2D eigenvalue weighted by atomic mass is 19.1. The van der Waals surface area contributed by atoms with Crippen molar-refractivity contribution in [3.8, 4) is 5.75 Å². The molecule has 1 fully saturated rings. The average Bonchev–Trinajstić information content (AvgIpc) is 2.90. The minimum atomic E-state index is -0.334. The Hall–Kier alpha value is -1.62. The lowest BCUT2D eigenvalue weighted by molar-refractivity contribution is -0.122. The maximum Gasteiger partial charge on any atom is 0.237 e. The van der Waals surface area contributed by atoms with Crippen LogP contribution in [0.4, 0.5) is 4.39 Å². The molecule has 18 heavy (non-hydrogen) atoms. The van der Waals surface area contributed by atoms with E-state index in [0.717, 1.165) is 19.4 Å². The highest BCUT2D eigenvalue weighted by Crippen LogP contribution is 2.19. The molecule has 1 aromatic carbocycles. The highest BCUT2D eigenvalue weighted by Gasteiger charge is 2.21. The monoisotopic (exact) mass is 252 g/mol. The van der Waals surface area contributed by atoms with E-state index in [-0.39, 0.29) is 24.3 Å². The van der Waals surface area contributed by atoms with Gasteiger partial charge in [-0.05, 0) is 37.6 Å². The van der Waals surface area contributed by atoms with E-state index < -0.39 is 0 Å². The molecule has 1 amide bonds. The number of hydrogen-bond donors (Lipinski definition) is 2. The van der Waals surface area contributed by atoms with Crippen molar-refractivity contribution in [1.82, 2.24) is 10.6 Å². The van der Waals surface area contributed by atoms with Gasteiger partial charge in [-0.1, -0.05) is 0 Å². The smallest absolute Gasteiger partial charge is 0.237 e. The number of ether oxygens (including phenoxy) is 1. The SMILES string of the molecule is COc1ccc(F)cc1CNC(=O)C1CCCN1. The number of carbonyl (C=O) groups excluding carboxylic acids is 1. The fourth-order valence-corrected chi connectivity index (χ4v) is 2.10. The molecule has 4 nitrogen and oxygen atoms in total. The van der Waals surface area contributed by atoms with E-state index in [1.165, 1.54) is 19.2 Å². The maximum atomic E-state index is 13.1. The molecule has 0 saturated carbocycles. The normalized spacial score (nSPS) is 18.7. The summed E-state index contributed by atoms with van der Waals surface area (Å²) in [6.45, 7) is 1.15. The Balaban J connectivity index is 1.96. The predicted octanol–water partition coefficient (Wildman–Crippen LogP) is 1.20. The first-order chi connectivity index (χ1) is 8.70. The topological polar surface area (TPSA) is 50.4 Å². The van der Waals surface area contributed by atoms with Crippen LogP contribution >= 0.6 is 0 Å². The number of hydrogen-bond acceptors (Lipinski definition) is 3. The summed E-state index contributed by atoms with van der Waals surface area (Å²) >= 11 is 0. The van der Waals surface area contributed by atoms with Crippen molar-refractivity contribution in [2.45, 2.75) is 25.4 Å². The standard InChI is InChI=1S/C13H17FN2O2/c1-18-12-5-4-10(14)7-9(12)8-16-13(17)11-3-2-6-15-11/h4-5,7,11,15H,2-3,6,8H2,1H3,(H,16,17). The summed E-state index contributed by atoms with van der Waals surface area (Å²) in [4.78, 5) is 11.8. The lowest BCUT2D eigenvalue weighted by atomic mass is 10.1. The number of methoxy groups -OCH3 is 1. The van der Waals surface area contributed by atoms with E-state index in [4.69, 9.17) is 4.74 Å². The summed E-state index contributed by atoms with van der Waals surface area (Å²) in [6.07, 6.45) is 1.87. The maximum absolute atomic E-state index is 13.1. The van der Waals surface area contributed by atoms with E-state index in [2.05, 4.69) is 10.6 Å². The molecule has 2 N–H and O–H groups in total. The second kappa shape index (κ2) is 5.82. The number of carbonyl (C=O) groups is 1. The molecular formula is C13H17FN2O2. The van der Waals surface area contributed by atoms with Gasteiger partial charge in [-0.15, -0.1) is 0 Å². The van der Waals surface area contributed by atoms with Gasteiger partial charge in [0.2, 0.25) is 5.91 Å². The third-order valence-corrected chi connectivity index (χ3v) is 3.07. The fraction of sp³-hybridized carbons (Fsp3) is 0.462. The summed E-state index contributed by atoms with van der Waals surface area (Å²) in [5, 5.41) is 5.91. The van der Waals surface area contributed by atoms with Crippen LogP contribution in [0.1, 0.15) is 18.4 Å². The summed E-state index contributed by atoms with van der Waals surface area (Å²) < 4.78 is 18.3. The van der Waals surface area contributed by atoms with Gasteiger partial charge in [0.15, 0.2) is 0 Å². The predicted molar refractivity (Wildman–Crippen MR) is 65.8 cm³/mol. The molecule has 1 aliphatic rings. The Bertz CT molecular complexity index is 431. The molecule has 1 unspecified atom stereocenters. The van der Waals surface area contributed by atoms with Gasteiger partial charge in [-0.25, -0.2) is 4.39 Å². The minimum absolute atomic E-state index is 0.0428. The Morgan fingerprint density at radius 3 is 3.11 bits per heavy atom. The lowest BCUT2D eigenvalue weighted by Gasteiger charge is -2.13. The zero-order chi connectivity index (χ0) is 13.0. The first-order valence-electron chi connectivity index (χ1n) is 6.04. The third-order valence-electron chi connectivity index (χ3n) is 3.07. The Kier molecular flexibility index (Phi) is 4.15. The summed E-state index contributed by atoms with van der Waals surface area (Å²) in [5.41, 5.74) is 0.642. The van der Waals surface area contributed by atoms with Gasteiger partial charge in [-0.2, -0.15) is 0 Å². The van der Waals surface area contributed by atoms with Gasteiger partial charge in [0, 0.05) is 12.1 Å². The molecule has 1 aliphatic heterocycles. The van der Waals surface area contributed by atoms with Crippen molar-refractivity contribution in [1.29, 1.82) is 0 Å². The molecule has 0 aromatic heterocycles. The van der Waals surface area contributed by atoms with E-state index in [0.29, 0.717) is 11.3 Å². The van der Waals surface area contributed by atoms with Crippen molar-refractivity contribution in [2.75, 3.05) is 13.7 Å². The lowest BCUT2D eigenvalue weighted by Crippen LogP contribution is -2.40. The van der Waals surface area contributed by atoms with E-state index >= 15 is 0 Å². The summed E-state index contributed by atoms with van der Waals surface area (Å²) in [5.74, 6) is 0.203. The number of amides is 1. The molecule has 2 rings (SSSR count). The molecule has 0 bridgehead atoms. The third kappa shape index (κ3) is 2.98. The van der Waals surface area contributed by atoms with Crippen LogP contribution in [0.2, 0.25) is 0 Å². The van der Waals surface area contributed by atoms with Crippen molar-refractivity contribution < 1.29 is 13.9 Å². The van der Waals surface area contributed by atoms with Gasteiger partial charge in [-0.3, -0.25) is 4.79 Å². The van der Waals surface area contributed by atoms with Crippen LogP contribution in [0.15, 0.2) is 18.2 Å². The van der Waals surface area contributed by atoms with Crippen molar-refractivity contribution >= 4 is 5.91 Å². The molecule has 1 saturated heterocycles. The first-order valence-corrected chi connectivity index (χ1v) is 6.04. The van der Waals surface area contributed by atoms with E-state index in [1.807, 2.05) is 0 Å². The number of rotatable bonds is 4. The zero-order valence-electron chi connectivity index (χ0n) is 10.3. The molecule has 0 radical (unpaired) electrons. The van der Waals surface area contributed by atoms with Crippen molar-refractivity contribution in [3.63, 3.8) is 0 Å². The fourth-order valence-electron chi connectivity index (χ4n) is 2.10. The van der Waals surface area contributed by atoms with Crippen LogP contribution in [0, 0.1) is 5.82 Å². The van der Waals surface area contributed by atoms with E-state index in [1.54, 1.807) is 6.07 Å². The van der Waals surface area contributed by atoms with Gasteiger partial charge in [0.25, 0.3) is 0 Å². The van der Waals surface area contributed by atoms with E-state index in [9.17, 15) is 9.18 Å². The van der Waals surface area contributed by atoms with Crippen LogP contribution in [0.5, 0.6) is 5.75 Å². The number of nitrogens with one attached hydrogen (secondary N) is 2. The van der Waals surface area contributed by atoms with Crippen LogP contribution < -0.4 is 15.4 Å². The van der Waals surface area contributed by atoms with Crippen LogP contribution in [0.25, 0.3) is 0 Å². The largest absolute Gasteiger partial charge is 0.496 e. The summed E-state index contributed by atoms with van der Waals surface area (Å²) in [7, 11) is 1.52. The Morgan fingerprint density at radius 2 is 2.44 bits per heavy atom. The Morgan fingerprint density at radius 1 is 1.61 bits per heavy atom. The molecule has 1 aromatic rings. The van der Waals surface area contributed by atoms with Crippen LogP contribution in [0.3, 0.4) is 0 Å². The minimum Gasteiger partial charge on any atom is -0.496 e. The highest BCUT2D eigenvalue weighted by molar-refractivity contribution is 5.82. The van der Waals surface area contributed by atoms with Crippen molar-refractivity contribution in [2.24, 2.45) is 0 Å². The number of benzene rings is 1. The van der Waals surface area contributed by atoms with Gasteiger partial charge < -0.3 is 15.4 Å². The van der Waals surface area contributed by atoms with Gasteiger partial charge in [0.05, 0.1) is 13.2 Å². The average molecular weight is 252 g/mol. The van der Waals surface area contributed by atoms with Gasteiger partial charge in [0.1, 0.15) is 11.6 Å². The molecule has 5 heteroatoms. The number of halogens is 1. The van der Waals surface area contributed by atoms with Crippen LogP contribution in [-0.2, 0) is 11.3 Å². The molecular weight excluding hydrogens is 235 g/mol. The molecule has 1 atom stereocenters. The second-order valence-corrected chi connectivity index (χ2v) is 4.32. The zero-order valence-corrected chi connectivity index (χ0v) is 10.3. The van der Waals surface area contributed by atoms with Gasteiger partial charge >= 0.3 is 0 Å². The van der Waals surface area contributed by atoms with Crippen molar-refractivity contribution in [3.05, 3.63) is 29.6 Å². The molecule has 0 spiro atoms. The quantitative estimate of drug-likeness (QED) is 0.846. The molecule has 0 aliphatic carbocycles. The summed E-state index contributed by atoms with van der Waals surface area (Å²) in [6, 6.07) is 4.15. The molecule has 1 heterocycles. The second-order valence-electron chi connectivity index (χ2n) is 4.32. The molecule has 98 valence electrons. The first kappa shape index (κ1) is 12.8. The van der Waals surface area contributed by atoms with Crippen LogP contribution in [-0.4, -0.2) is 25.6 Å². The Labute approximate surface area is 106 Å².